The summed E-state index contributed by atoms with van der Waals surface area (Å²) in [6.07, 6.45) is 22.6. The van der Waals surface area contributed by atoms with Crippen LogP contribution in [0, 0.1) is 6.92 Å². The standard InChI is InChI=1S/C35H59N2O7P/c1-3-4-5-6-7-8-9-10-11-12-13-14-15-16-17-21-25-41-27-28-43-45(40,44-30-33-22-19-18-20-23-33)31-42-26-24-37-29-32(2)34(38)36-35(37)39/h18-20,22-23,29H,3-17,21,24-28,30-31H2,1-2H3,(H,36,38,39). The lowest BCUT2D eigenvalue weighted by atomic mass is 10.0. The summed E-state index contributed by atoms with van der Waals surface area (Å²) in [6.45, 7) is 5.42. The fourth-order valence-electron chi connectivity index (χ4n) is 5.07. The van der Waals surface area contributed by atoms with Crippen molar-refractivity contribution in [2.45, 2.75) is 130 Å². The normalized spacial score (nSPS) is 12.8. The second-order valence-corrected chi connectivity index (χ2v) is 13.9. The molecule has 1 unspecified atom stereocenters. The summed E-state index contributed by atoms with van der Waals surface area (Å²) in [5.74, 6) is 0. The molecule has 1 aromatic heterocycles. The van der Waals surface area contributed by atoms with Gasteiger partial charge >= 0.3 is 13.3 Å². The molecule has 0 aliphatic carbocycles. The second-order valence-electron chi connectivity index (χ2n) is 11.9. The van der Waals surface area contributed by atoms with Gasteiger partial charge in [-0.25, -0.2) is 4.79 Å². The molecule has 0 fully saturated rings. The third kappa shape index (κ3) is 19.3. The second kappa shape index (κ2) is 25.1. The molecule has 0 spiro atoms. The average molecular weight is 651 g/mol. The topological polar surface area (TPSA) is 109 Å². The van der Waals surface area contributed by atoms with E-state index in [0.29, 0.717) is 18.8 Å². The molecule has 0 radical (unpaired) electrons. The number of rotatable bonds is 29. The van der Waals surface area contributed by atoms with Crippen molar-refractivity contribution in [2.24, 2.45) is 0 Å². The summed E-state index contributed by atoms with van der Waals surface area (Å²) in [5, 5.41) is 0. The number of unbranched alkanes of at least 4 members (excludes halogenated alkanes) is 15. The van der Waals surface area contributed by atoms with Gasteiger partial charge in [0.05, 0.1) is 33.0 Å². The first kappa shape index (κ1) is 39.1. The molecule has 45 heavy (non-hydrogen) atoms. The summed E-state index contributed by atoms with van der Waals surface area (Å²) in [4.78, 5) is 25.8. The van der Waals surface area contributed by atoms with Crippen LogP contribution in [0.25, 0.3) is 0 Å². The van der Waals surface area contributed by atoms with E-state index in [1.54, 1.807) is 6.92 Å². The van der Waals surface area contributed by atoms with E-state index in [2.05, 4.69) is 11.9 Å². The van der Waals surface area contributed by atoms with Gasteiger partial charge in [-0.05, 0) is 18.9 Å². The maximum Gasteiger partial charge on any atom is 0.356 e. The van der Waals surface area contributed by atoms with Crippen LogP contribution in [0.3, 0.4) is 0 Å². The highest BCUT2D eigenvalue weighted by Gasteiger charge is 2.25. The summed E-state index contributed by atoms with van der Waals surface area (Å²) >= 11 is 0. The molecule has 1 heterocycles. The molecular weight excluding hydrogens is 591 g/mol. The molecule has 1 N–H and O–H groups in total. The number of hydrogen-bond donors (Lipinski definition) is 1. The van der Waals surface area contributed by atoms with E-state index in [-0.39, 0.29) is 32.7 Å². The third-order valence-corrected chi connectivity index (χ3v) is 9.44. The van der Waals surface area contributed by atoms with Crippen LogP contribution in [0.5, 0.6) is 0 Å². The van der Waals surface area contributed by atoms with Gasteiger partial charge in [-0.15, -0.1) is 0 Å². The van der Waals surface area contributed by atoms with E-state index in [1.165, 1.54) is 101 Å². The lowest BCUT2D eigenvalue weighted by Crippen LogP contribution is -2.31. The van der Waals surface area contributed by atoms with E-state index in [0.717, 1.165) is 18.4 Å². The minimum atomic E-state index is -3.58. The number of benzene rings is 1. The Balaban J connectivity index is 1.53. The van der Waals surface area contributed by atoms with Crippen LogP contribution >= 0.6 is 7.60 Å². The zero-order valence-electron chi connectivity index (χ0n) is 28.0. The first-order chi connectivity index (χ1) is 21.9. The number of nitrogens with one attached hydrogen (secondary N) is 1. The molecule has 10 heteroatoms. The molecule has 0 saturated carbocycles. The van der Waals surface area contributed by atoms with Crippen molar-refractivity contribution in [1.29, 1.82) is 0 Å². The van der Waals surface area contributed by atoms with Crippen molar-refractivity contribution in [3.8, 4) is 0 Å². The average Bonchev–Trinajstić information content (AvgIpc) is 3.04. The van der Waals surface area contributed by atoms with Crippen LogP contribution in [0.15, 0.2) is 46.1 Å². The smallest absolute Gasteiger partial charge is 0.356 e. The van der Waals surface area contributed by atoms with Crippen molar-refractivity contribution < 1.29 is 23.1 Å². The fourth-order valence-corrected chi connectivity index (χ4v) is 6.35. The molecule has 0 amide bonds. The zero-order valence-corrected chi connectivity index (χ0v) is 28.9. The van der Waals surface area contributed by atoms with Crippen LogP contribution in [0.2, 0.25) is 0 Å². The third-order valence-electron chi connectivity index (χ3n) is 7.84. The summed E-state index contributed by atoms with van der Waals surface area (Å²) in [7, 11) is -3.58. The minimum Gasteiger partial charge on any atom is -0.379 e. The monoisotopic (exact) mass is 650 g/mol. The molecule has 0 bridgehead atoms. The van der Waals surface area contributed by atoms with Gasteiger partial charge in [0.25, 0.3) is 5.56 Å². The maximum absolute atomic E-state index is 13.4. The van der Waals surface area contributed by atoms with Gasteiger partial charge < -0.3 is 18.5 Å². The van der Waals surface area contributed by atoms with E-state index < -0.39 is 18.8 Å². The molecule has 1 aromatic carbocycles. The first-order valence-corrected chi connectivity index (χ1v) is 19.0. The summed E-state index contributed by atoms with van der Waals surface area (Å²) in [6, 6.07) is 9.45. The van der Waals surface area contributed by atoms with Gasteiger partial charge in [0.1, 0.15) is 6.35 Å². The van der Waals surface area contributed by atoms with Gasteiger partial charge in [-0.2, -0.15) is 0 Å². The van der Waals surface area contributed by atoms with Crippen LogP contribution in [0.4, 0.5) is 0 Å². The highest BCUT2D eigenvalue weighted by atomic mass is 31.2. The van der Waals surface area contributed by atoms with Crippen molar-refractivity contribution in [2.75, 3.05) is 32.8 Å². The minimum absolute atomic E-state index is 0.100. The van der Waals surface area contributed by atoms with Crippen molar-refractivity contribution in [1.82, 2.24) is 9.55 Å². The Morgan fingerprint density at radius 2 is 1.27 bits per heavy atom. The zero-order chi connectivity index (χ0) is 32.4. The van der Waals surface area contributed by atoms with Gasteiger partial charge in [0.15, 0.2) is 0 Å². The Morgan fingerprint density at radius 3 is 1.87 bits per heavy atom. The summed E-state index contributed by atoms with van der Waals surface area (Å²) < 4.78 is 37.5. The number of H-pyrrole nitrogens is 1. The SMILES string of the molecule is CCCCCCCCCCCCCCCCCCOCCOP(=O)(COCCn1cc(C)c(=O)[nH]c1=O)OCc1ccccc1. The van der Waals surface area contributed by atoms with E-state index in [4.69, 9.17) is 18.5 Å². The molecule has 1 atom stereocenters. The van der Waals surface area contributed by atoms with Gasteiger partial charge in [0, 0.05) is 18.4 Å². The molecule has 2 aromatic rings. The van der Waals surface area contributed by atoms with Crippen LogP contribution in [-0.4, -0.2) is 42.3 Å². The number of aryl methyl sites for hydroxylation is 1. The number of aromatic amines is 1. The summed E-state index contributed by atoms with van der Waals surface area (Å²) in [5.41, 5.74) is 0.364. The molecule has 0 aliphatic heterocycles. The molecule has 9 nitrogen and oxygen atoms in total. The van der Waals surface area contributed by atoms with E-state index >= 15 is 0 Å². The van der Waals surface area contributed by atoms with Crippen LogP contribution in [-0.2, 0) is 36.2 Å². The molecule has 0 aliphatic rings. The number of ether oxygens (including phenoxy) is 2. The Kier molecular flexibility index (Phi) is 21.8. The van der Waals surface area contributed by atoms with Crippen LogP contribution in [0.1, 0.15) is 121 Å². The highest BCUT2D eigenvalue weighted by molar-refractivity contribution is 7.53. The molecule has 0 saturated heterocycles. The Morgan fingerprint density at radius 1 is 0.689 bits per heavy atom. The maximum atomic E-state index is 13.4. The van der Waals surface area contributed by atoms with Gasteiger partial charge in [-0.1, -0.05) is 134 Å². The van der Waals surface area contributed by atoms with Crippen molar-refractivity contribution in [3.63, 3.8) is 0 Å². The number of nitrogens with zero attached hydrogens (tertiary/aromatic N) is 1. The predicted molar refractivity (Wildman–Crippen MR) is 182 cm³/mol. The van der Waals surface area contributed by atoms with E-state index in [1.807, 2.05) is 30.3 Å². The highest BCUT2D eigenvalue weighted by Crippen LogP contribution is 2.48. The van der Waals surface area contributed by atoms with Gasteiger partial charge in [0.2, 0.25) is 0 Å². The van der Waals surface area contributed by atoms with Crippen LogP contribution < -0.4 is 11.2 Å². The number of aromatic nitrogens is 2. The first-order valence-electron chi connectivity index (χ1n) is 17.3. The fraction of sp³-hybridized carbons (Fsp3) is 0.714. The van der Waals surface area contributed by atoms with Crippen molar-refractivity contribution in [3.05, 3.63) is 68.5 Å². The Hall–Kier alpha value is -2.03. The quantitative estimate of drug-likeness (QED) is 0.0694. The largest absolute Gasteiger partial charge is 0.379 e. The lowest BCUT2D eigenvalue weighted by Gasteiger charge is -2.19. The van der Waals surface area contributed by atoms with E-state index in [9.17, 15) is 14.2 Å². The predicted octanol–water partition coefficient (Wildman–Crippen LogP) is 8.52. The molecule has 256 valence electrons. The molecule has 2 rings (SSSR count). The Labute approximate surface area is 271 Å². The van der Waals surface area contributed by atoms with Crippen molar-refractivity contribution >= 4 is 7.60 Å². The Bertz CT molecular complexity index is 1170. The number of hydrogen-bond acceptors (Lipinski definition) is 7. The van der Waals surface area contributed by atoms with Gasteiger partial charge in [-0.3, -0.25) is 18.9 Å². The lowest BCUT2D eigenvalue weighted by molar-refractivity contribution is 0.0754. The molecular formula is C35H59N2O7P.